The minimum atomic E-state index is -0.154. The normalized spacial score (nSPS) is 17.8. The van der Waals surface area contributed by atoms with Gasteiger partial charge in [0.25, 0.3) is 0 Å². The minimum absolute atomic E-state index is 0.154. The van der Waals surface area contributed by atoms with Crippen molar-refractivity contribution in [1.82, 2.24) is 15.1 Å². The largest absolute Gasteiger partial charge is 0.365 e. The molecule has 1 aliphatic heterocycles. The summed E-state index contributed by atoms with van der Waals surface area (Å²) in [5, 5.41) is 15.6. The first-order valence-electron chi connectivity index (χ1n) is 8.79. The highest BCUT2D eigenvalue weighted by Crippen LogP contribution is 2.31. The number of carbonyl (C=O) groups is 1. The molecule has 0 aliphatic carbocycles. The van der Waals surface area contributed by atoms with Gasteiger partial charge in [0, 0.05) is 30.1 Å². The Morgan fingerprint density at radius 3 is 2.81 bits per heavy atom. The Morgan fingerprint density at radius 2 is 2.12 bits per heavy atom. The van der Waals surface area contributed by atoms with Gasteiger partial charge in [0.2, 0.25) is 5.91 Å². The number of amides is 1. The van der Waals surface area contributed by atoms with Crippen molar-refractivity contribution in [3.63, 3.8) is 0 Å². The smallest absolute Gasteiger partial charge is 0.221 e. The zero-order valence-electron chi connectivity index (χ0n) is 15.3. The predicted molar refractivity (Wildman–Crippen MR) is 106 cm³/mol. The molecule has 0 bridgehead atoms. The number of aromatic nitrogens is 2. The van der Waals surface area contributed by atoms with Gasteiger partial charge in [0.1, 0.15) is 5.82 Å². The van der Waals surface area contributed by atoms with Crippen LogP contribution in [0.4, 0.5) is 11.5 Å². The number of likely N-dealkylation sites (N-methyl/N-ethyl adjacent to an activating group) is 1. The molecule has 0 saturated carbocycles. The first-order valence-corrected chi connectivity index (χ1v) is 9.17. The van der Waals surface area contributed by atoms with Crippen molar-refractivity contribution < 1.29 is 4.79 Å². The fourth-order valence-corrected chi connectivity index (χ4v) is 3.50. The van der Waals surface area contributed by atoms with Crippen LogP contribution in [0.15, 0.2) is 24.3 Å². The second kappa shape index (κ2) is 8.01. The van der Waals surface area contributed by atoms with Crippen LogP contribution in [0.2, 0.25) is 5.02 Å². The van der Waals surface area contributed by atoms with Crippen LogP contribution < -0.4 is 10.6 Å². The average molecular weight is 374 g/mol. The summed E-state index contributed by atoms with van der Waals surface area (Å²) in [7, 11) is 2.14. The molecule has 138 valence electrons. The molecule has 6 nitrogen and oxygen atoms in total. The van der Waals surface area contributed by atoms with Gasteiger partial charge in [0.15, 0.2) is 0 Å². The van der Waals surface area contributed by atoms with Gasteiger partial charge in [-0.05, 0) is 63.2 Å². The van der Waals surface area contributed by atoms with Crippen molar-refractivity contribution in [2.24, 2.45) is 0 Å². The maximum absolute atomic E-state index is 11.5. The van der Waals surface area contributed by atoms with Crippen molar-refractivity contribution in [2.75, 3.05) is 30.8 Å². The van der Waals surface area contributed by atoms with Gasteiger partial charge in [-0.15, -0.1) is 10.2 Å². The summed E-state index contributed by atoms with van der Waals surface area (Å²) in [6.07, 6.45) is 2.32. The van der Waals surface area contributed by atoms with Gasteiger partial charge in [-0.1, -0.05) is 11.6 Å². The number of anilines is 2. The highest BCUT2D eigenvalue weighted by atomic mass is 35.5. The van der Waals surface area contributed by atoms with E-state index < -0.39 is 0 Å². The molecule has 0 spiro atoms. The molecular weight excluding hydrogens is 350 g/mol. The molecule has 0 radical (unpaired) electrons. The highest BCUT2D eigenvalue weighted by Gasteiger charge is 2.18. The molecular formula is C19H24ClN5O. The second-order valence-corrected chi connectivity index (χ2v) is 7.31. The molecule has 1 atom stereocenters. The first kappa shape index (κ1) is 18.6. The summed E-state index contributed by atoms with van der Waals surface area (Å²) in [4.78, 5) is 13.8. The molecule has 2 N–H and O–H groups in total. The summed E-state index contributed by atoms with van der Waals surface area (Å²) >= 11 is 6.07. The third-order valence-corrected chi connectivity index (χ3v) is 4.74. The lowest BCUT2D eigenvalue weighted by Crippen LogP contribution is -2.39. The Labute approximate surface area is 158 Å². The van der Waals surface area contributed by atoms with Crippen LogP contribution >= 0.6 is 11.6 Å². The number of hydrogen-bond donors (Lipinski definition) is 2. The third kappa shape index (κ3) is 4.51. The molecule has 7 heteroatoms. The van der Waals surface area contributed by atoms with Gasteiger partial charge < -0.3 is 15.5 Å². The van der Waals surface area contributed by atoms with E-state index >= 15 is 0 Å². The Hall–Kier alpha value is -2.18. The second-order valence-electron chi connectivity index (χ2n) is 6.88. The van der Waals surface area contributed by atoms with Crippen LogP contribution in [-0.2, 0) is 4.79 Å². The third-order valence-electron chi connectivity index (χ3n) is 4.51. The number of carbonyl (C=O) groups excluding carboxylic acids is 1. The molecule has 3 rings (SSSR count). The molecule has 1 aromatic heterocycles. The van der Waals surface area contributed by atoms with Crippen molar-refractivity contribution in [3.05, 3.63) is 34.9 Å². The lowest BCUT2D eigenvalue weighted by Gasteiger charge is -2.30. The fraction of sp³-hybridized carbons (Fsp3) is 0.421. The van der Waals surface area contributed by atoms with E-state index in [1.54, 1.807) is 12.1 Å². The van der Waals surface area contributed by atoms with E-state index in [1.165, 1.54) is 13.3 Å². The van der Waals surface area contributed by atoms with E-state index in [9.17, 15) is 4.79 Å². The van der Waals surface area contributed by atoms with Crippen LogP contribution in [0.25, 0.3) is 11.3 Å². The number of aryl methyl sites for hydroxylation is 1. The Balaban J connectivity index is 1.85. The van der Waals surface area contributed by atoms with Gasteiger partial charge in [0.05, 0.1) is 11.4 Å². The lowest BCUT2D eigenvalue weighted by atomic mass is 10.0. The molecule has 1 amide bonds. The van der Waals surface area contributed by atoms with Gasteiger partial charge >= 0.3 is 0 Å². The number of likely N-dealkylation sites (tertiary alicyclic amines) is 1. The summed E-state index contributed by atoms with van der Waals surface area (Å²) in [6, 6.07) is 7.76. The van der Waals surface area contributed by atoms with Crippen molar-refractivity contribution >= 4 is 29.0 Å². The Kier molecular flexibility index (Phi) is 5.74. The van der Waals surface area contributed by atoms with E-state index in [0.717, 1.165) is 42.1 Å². The summed E-state index contributed by atoms with van der Waals surface area (Å²) < 4.78 is 0. The summed E-state index contributed by atoms with van der Waals surface area (Å²) in [5.74, 6) is 0.625. The van der Waals surface area contributed by atoms with Gasteiger partial charge in [-0.25, -0.2) is 0 Å². The van der Waals surface area contributed by atoms with Crippen LogP contribution in [0.3, 0.4) is 0 Å². The van der Waals surface area contributed by atoms with E-state index in [2.05, 4.69) is 32.8 Å². The SMILES string of the molecule is CC(=O)Nc1cc(Cl)ccc1-c1nnc(N[C@@H]2CCCN(C)C2)cc1C. The van der Waals surface area contributed by atoms with Crippen molar-refractivity contribution in [3.8, 4) is 11.3 Å². The number of nitrogens with one attached hydrogen (secondary N) is 2. The first-order chi connectivity index (χ1) is 12.4. The Morgan fingerprint density at radius 1 is 1.31 bits per heavy atom. The number of piperidine rings is 1. The number of rotatable bonds is 4. The minimum Gasteiger partial charge on any atom is -0.365 e. The maximum Gasteiger partial charge on any atom is 0.221 e. The van der Waals surface area contributed by atoms with Crippen LogP contribution in [0, 0.1) is 6.92 Å². The maximum atomic E-state index is 11.5. The molecule has 1 aromatic carbocycles. The standard InChI is InChI=1S/C19H24ClN5O/c1-12-9-18(22-15-5-4-8-25(3)11-15)23-24-19(12)16-7-6-14(20)10-17(16)21-13(2)26/h6-7,9-10,15H,4-5,8,11H2,1-3H3,(H,21,26)(H,22,23)/t15-/m1/s1. The van der Waals surface area contributed by atoms with E-state index in [1.807, 2.05) is 19.1 Å². The quantitative estimate of drug-likeness (QED) is 0.857. The van der Waals surface area contributed by atoms with Crippen LogP contribution in [0.5, 0.6) is 0 Å². The van der Waals surface area contributed by atoms with Gasteiger partial charge in [-0.3, -0.25) is 4.79 Å². The van der Waals surface area contributed by atoms with Crippen LogP contribution in [-0.4, -0.2) is 47.2 Å². The number of halogens is 1. The Bertz CT molecular complexity index is 811. The fourth-order valence-electron chi connectivity index (χ4n) is 3.33. The number of benzene rings is 1. The summed E-state index contributed by atoms with van der Waals surface area (Å²) in [5.41, 5.74) is 3.16. The number of nitrogens with zero attached hydrogens (tertiary/aromatic N) is 3. The highest BCUT2D eigenvalue weighted by molar-refractivity contribution is 6.31. The van der Waals surface area contributed by atoms with E-state index in [-0.39, 0.29) is 5.91 Å². The monoisotopic (exact) mass is 373 g/mol. The summed E-state index contributed by atoms with van der Waals surface area (Å²) in [6.45, 7) is 5.61. The topological polar surface area (TPSA) is 70.1 Å². The molecule has 1 saturated heterocycles. The van der Waals surface area contributed by atoms with Gasteiger partial charge in [-0.2, -0.15) is 0 Å². The molecule has 26 heavy (non-hydrogen) atoms. The molecule has 0 unspecified atom stereocenters. The lowest BCUT2D eigenvalue weighted by molar-refractivity contribution is -0.114. The molecule has 1 aliphatic rings. The molecule has 2 heterocycles. The zero-order chi connectivity index (χ0) is 18.7. The average Bonchev–Trinajstić information content (AvgIpc) is 2.55. The van der Waals surface area contributed by atoms with Crippen molar-refractivity contribution in [2.45, 2.75) is 32.7 Å². The number of hydrogen-bond acceptors (Lipinski definition) is 5. The van der Waals surface area contributed by atoms with Crippen molar-refractivity contribution in [1.29, 1.82) is 0 Å². The predicted octanol–water partition coefficient (Wildman–Crippen LogP) is 3.57. The van der Waals surface area contributed by atoms with E-state index in [0.29, 0.717) is 16.8 Å². The van der Waals surface area contributed by atoms with Crippen LogP contribution in [0.1, 0.15) is 25.3 Å². The van der Waals surface area contributed by atoms with E-state index in [4.69, 9.17) is 11.6 Å². The molecule has 2 aromatic rings. The molecule has 1 fully saturated rings. The zero-order valence-corrected chi connectivity index (χ0v) is 16.1.